The van der Waals surface area contributed by atoms with Crippen molar-refractivity contribution in [1.29, 1.82) is 0 Å². The van der Waals surface area contributed by atoms with Crippen LogP contribution in [0.4, 0.5) is 0 Å². The second-order valence-corrected chi connectivity index (χ2v) is 11.0. The number of nitrogens with one attached hydrogen (secondary N) is 1. The smallest absolute Gasteiger partial charge is 0.280 e. The van der Waals surface area contributed by atoms with Gasteiger partial charge in [-0.05, 0) is 61.9 Å². The molecule has 2 aromatic heterocycles. The van der Waals surface area contributed by atoms with Gasteiger partial charge in [-0.2, -0.15) is 4.68 Å². The maximum absolute atomic E-state index is 14.1. The van der Waals surface area contributed by atoms with E-state index in [1.54, 1.807) is 24.5 Å². The lowest BCUT2D eigenvalue weighted by molar-refractivity contribution is -0.115. The van der Waals surface area contributed by atoms with E-state index in [9.17, 15) is 9.59 Å². The first-order chi connectivity index (χ1) is 18.4. The van der Waals surface area contributed by atoms with Gasteiger partial charge in [0.15, 0.2) is 0 Å². The standard InChI is InChI=1S/C29H23BrN4O3S/c1-16-26(21-6-4-5-7-23(21)31-16)27-28(35)25(14-18-8-11-20(37-3)12-9-18)38-34(27)33-17(2)32-24-13-10-19(30)15-22(24)29(33)36/h4-15,27,31H,1-3H3/b25-14-. The Morgan fingerprint density at radius 2 is 1.79 bits per heavy atom. The molecule has 0 aliphatic carbocycles. The van der Waals surface area contributed by atoms with Crippen molar-refractivity contribution in [1.82, 2.24) is 14.6 Å². The predicted molar refractivity (Wildman–Crippen MR) is 156 cm³/mol. The summed E-state index contributed by atoms with van der Waals surface area (Å²) in [5.74, 6) is 1.15. The molecule has 1 N–H and O–H groups in total. The summed E-state index contributed by atoms with van der Waals surface area (Å²) in [5.41, 5.74) is 3.90. The molecule has 1 aliphatic heterocycles. The fourth-order valence-corrected chi connectivity index (χ4v) is 6.46. The number of carbonyl (C=O) groups excluding carboxylic acids is 1. The van der Waals surface area contributed by atoms with Gasteiger partial charge in [-0.3, -0.25) is 9.59 Å². The highest BCUT2D eigenvalue weighted by molar-refractivity contribution is 9.10. The van der Waals surface area contributed by atoms with Gasteiger partial charge in [0, 0.05) is 38.6 Å². The van der Waals surface area contributed by atoms with E-state index in [1.807, 2.05) is 73.7 Å². The van der Waals surface area contributed by atoms with Gasteiger partial charge >= 0.3 is 0 Å². The molecule has 5 aromatic rings. The normalized spacial score (nSPS) is 16.7. The van der Waals surface area contributed by atoms with Crippen LogP contribution in [0.2, 0.25) is 0 Å². The van der Waals surface area contributed by atoms with E-state index in [-0.39, 0.29) is 11.3 Å². The molecular formula is C29H23BrN4O3S. The number of ketones is 1. The van der Waals surface area contributed by atoms with Crippen LogP contribution in [0.15, 0.2) is 80.9 Å². The third-order valence-electron chi connectivity index (χ3n) is 6.70. The lowest BCUT2D eigenvalue weighted by atomic mass is 9.99. The second-order valence-electron chi connectivity index (χ2n) is 9.09. The number of rotatable bonds is 4. The molecule has 3 heterocycles. The fraction of sp³-hybridized carbons (Fsp3) is 0.138. The molecule has 38 heavy (non-hydrogen) atoms. The number of halogens is 1. The molecular weight excluding hydrogens is 564 g/mol. The Kier molecular flexibility index (Phi) is 6.12. The number of hydrogen-bond donors (Lipinski definition) is 1. The zero-order chi connectivity index (χ0) is 26.6. The molecule has 0 spiro atoms. The summed E-state index contributed by atoms with van der Waals surface area (Å²) in [6.07, 6.45) is 1.86. The second kappa shape index (κ2) is 9.49. The van der Waals surface area contributed by atoms with E-state index in [2.05, 4.69) is 20.9 Å². The highest BCUT2D eigenvalue weighted by Crippen LogP contribution is 2.45. The number of fused-ring (bicyclic) bond motifs is 2. The number of carbonyl (C=O) groups is 1. The van der Waals surface area contributed by atoms with Crippen LogP contribution in [0.5, 0.6) is 5.75 Å². The van der Waals surface area contributed by atoms with Gasteiger partial charge in [0.05, 0.1) is 22.9 Å². The van der Waals surface area contributed by atoms with Crippen LogP contribution in [-0.2, 0) is 4.79 Å². The van der Waals surface area contributed by atoms with Crippen LogP contribution in [0.3, 0.4) is 0 Å². The predicted octanol–water partition coefficient (Wildman–Crippen LogP) is 6.22. The molecule has 3 aromatic carbocycles. The van der Waals surface area contributed by atoms with Crippen molar-refractivity contribution in [2.24, 2.45) is 0 Å². The number of ether oxygens (including phenoxy) is 1. The number of hydrogen-bond acceptors (Lipinski definition) is 6. The van der Waals surface area contributed by atoms with Crippen LogP contribution in [0, 0.1) is 13.8 Å². The van der Waals surface area contributed by atoms with Gasteiger partial charge in [-0.15, -0.1) is 0 Å². The number of para-hydroxylation sites is 1. The molecule has 0 radical (unpaired) electrons. The third-order valence-corrected chi connectivity index (χ3v) is 8.27. The Hall–Kier alpha value is -3.82. The summed E-state index contributed by atoms with van der Waals surface area (Å²) in [6, 6.07) is 20.1. The van der Waals surface area contributed by atoms with Crippen LogP contribution in [0.25, 0.3) is 27.9 Å². The quantitative estimate of drug-likeness (QED) is 0.199. The molecule has 1 atom stereocenters. The molecule has 1 fully saturated rings. The van der Waals surface area contributed by atoms with Crippen molar-refractivity contribution in [2.75, 3.05) is 11.5 Å². The summed E-state index contributed by atoms with van der Waals surface area (Å²) >= 11 is 4.72. The zero-order valence-electron chi connectivity index (χ0n) is 20.9. The number of aryl methyl sites for hydroxylation is 2. The summed E-state index contributed by atoms with van der Waals surface area (Å²) in [7, 11) is 1.62. The number of Topliss-reactive ketones (excluding diaryl/α,β-unsaturated/α-hetero) is 1. The topological polar surface area (TPSA) is 80.2 Å². The average Bonchev–Trinajstić information content (AvgIpc) is 3.40. The maximum Gasteiger partial charge on any atom is 0.280 e. The Bertz CT molecular complexity index is 1820. The molecule has 190 valence electrons. The van der Waals surface area contributed by atoms with Crippen molar-refractivity contribution < 1.29 is 9.53 Å². The van der Waals surface area contributed by atoms with Crippen LogP contribution < -0.4 is 14.7 Å². The number of aromatic amines is 1. The Labute approximate surface area is 231 Å². The van der Waals surface area contributed by atoms with E-state index < -0.39 is 6.04 Å². The highest BCUT2D eigenvalue weighted by Gasteiger charge is 2.43. The Morgan fingerprint density at radius 1 is 1.03 bits per heavy atom. The number of benzene rings is 3. The van der Waals surface area contributed by atoms with E-state index >= 15 is 0 Å². The zero-order valence-corrected chi connectivity index (χ0v) is 23.3. The number of nitrogens with zero attached hydrogens (tertiary/aromatic N) is 3. The molecule has 0 saturated carbocycles. The van der Waals surface area contributed by atoms with Crippen molar-refractivity contribution in [3.05, 3.63) is 109 Å². The van der Waals surface area contributed by atoms with E-state index in [4.69, 9.17) is 9.72 Å². The molecule has 1 unspecified atom stereocenters. The van der Waals surface area contributed by atoms with Crippen LogP contribution >= 0.6 is 27.9 Å². The minimum Gasteiger partial charge on any atom is -0.497 e. The lowest BCUT2D eigenvalue weighted by Crippen LogP contribution is -2.41. The van der Waals surface area contributed by atoms with Gasteiger partial charge in [0.1, 0.15) is 17.6 Å². The summed E-state index contributed by atoms with van der Waals surface area (Å²) in [6.45, 7) is 3.75. The maximum atomic E-state index is 14.1. The summed E-state index contributed by atoms with van der Waals surface area (Å²) in [5, 5.41) is 1.42. The average molecular weight is 587 g/mol. The van der Waals surface area contributed by atoms with Crippen LogP contribution in [-0.4, -0.2) is 27.5 Å². The molecule has 1 saturated heterocycles. The molecule has 7 nitrogen and oxygen atoms in total. The van der Waals surface area contributed by atoms with Gasteiger partial charge in [-0.25, -0.2) is 9.40 Å². The fourth-order valence-electron chi connectivity index (χ4n) is 4.92. The molecule has 1 aliphatic rings. The first-order valence-electron chi connectivity index (χ1n) is 12.0. The van der Waals surface area contributed by atoms with Crippen molar-refractivity contribution >= 4 is 61.5 Å². The van der Waals surface area contributed by atoms with Gasteiger partial charge in [-0.1, -0.05) is 46.3 Å². The molecule has 9 heteroatoms. The van der Waals surface area contributed by atoms with Crippen molar-refractivity contribution in [2.45, 2.75) is 19.9 Å². The lowest BCUT2D eigenvalue weighted by Gasteiger charge is -2.27. The minimum atomic E-state index is -0.733. The highest BCUT2D eigenvalue weighted by atomic mass is 79.9. The Balaban J connectivity index is 1.57. The monoisotopic (exact) mass is 586 g/mol. The number of H-pyrrole nitrogens is 1. The first kappa shape index (κ1) is 24.5. The molecule has 6 rings (SSSR count). The third kappa shape index (κ3) is 4.02. The van der Waals surface area contributed by atoms with Gasteiger partial charge in [0.25, 0.3) is 5.56 Å². The molecule has 0 bridgehead atoms. The van der Waals surface area contributed by atoms with E-state index in [1.165, 1.54) is 16.6 Å². The minimum absolute atomic E-state index is 0.0840. The van der Waals surface area contributed by atoms with E-state index in [0.29, 0.717) is 21.6 Å². The van der Waals surface area contributed by atoms with Gasteiger partial charge < -0.3 is 9.72 Å². The van der Waals surface area contributed by atoms with Crippen LogP contribution in [0.1, 0.15) is 28.7 Å². The SMILES string of the molecule is COc1ccc(/C=C2\SN(n3c(C)nc4ccc(Br)cc4c3=O)C(c3c(C)[nH]c4ccccc34)C2=O)cc1. The number of methoxy groups -OCH3 is 1. The first-order valence-corrected chi connectivity index (χ1v) is 13.6. The van der Waals surface area contributed by atoms with Crippen molar-refractivity contribution in [3.63, 3.8) is 0 Å². The largest absolute Gasteiger partial charge is 0.497 e. The van der Waals surface area contributed by atoms with Crippen molar-refractivity contribution in [3.8, 4) is 5.75 Å². The Morgan fingerprint density at radius 3 is 2.55 bits per heavy atom. The number of aromatic nitrogens is 3. The summed E-state index contributed by atoms with van der Waals surface area (Å²) < 4.78 is 9.35. The molecule has 0 amide bonds. The summed E-state index contributed by atoms with van der Waals surface area (Å²) in [4.78, 5) is 36.7. The van der Waals surface area contributed by atoms with E-state index in [0.717, 1.165) is 37.9 Å². The van der Waals surface area contributed by atoms with Gasteiger partial charge in [0.2, 0.25) is 5.78 Å².